The second-order valence-electron chi connectivity index (χ2n) is 7.09. The van der Waals surface area contributed by atoms with Crippen molar-refractivity contribution in [2.45, 2.75) is 13.2 Å². The molecule has 7 nitrogen and oxygen atoms in total. The van der Waals surface area contributed by atoms with Gasteiger partial charge in [-0.1, -0.05) is 30.3 Å². The molecule has 2 aromatic heterocycles. The van der Waals surface area contributed by atoms with Gasteiger partial charge in [0.2, 0.25) is 0 Å². The van der Waals surface area contributed by atoms with E-state index in [2.05, 4.69) is 10.1 Å². The van der Waals surface area contributed by atoms with Crippen molar-refractivity contribution in [3.63, 3.8) is 0 Å². The van der Waals surface area contributed by atoms with Gasteiger partial charge in [0.1, 0.15) is 22.2 Å². The maximum atomic E-state index is 13.3. The van der Waals surface area contributed by atoms with Gasteiger partial charge in [-0.3, -0.25) is 14.2 Å². The number of para-hydroxylation sites is 1. The van der Waals surface area contributed by atoms with Crippen molar-refractivity contribution in [2.75, 3.05) is 0 Å². The number of carbonyl (C=O) groups excluding carboxylic acids is 1. The Hall–Kier alpha value is -4.49. The van der Waals surface area contributed by atoms with Gasteiger partial charge in [-0.05, 0) is 48.0 Å². The summed E-state index contributed by atoms with van der Waals surface area (Å²) in [4.78, 5) is 26.2. The van der Waals surface area contributed by atoms with Crippen LogP contribution in [0.5, 0.6) is 5.75 Å². The van der Waals surface area contributed by atoms with Crippen LogP contribution in [0.15, 0.2) is 82.2 Å². The van der Waals surface area contributed by atoms with E-state index < -0.39 is 18.1 Å². The summed E-state index contributed by atoms with van der Waals surface area (Å²) in [6.45, 7) is -2.87. The summed E-state index contributed by atoms with van der Waals surface area (Å²) in [5.41, 5.74) is 0.367. The summed E-state index contributed by atoms with van der Waals surface area (Å²) in [6, 6.07) is 19.7. The first-order valence-electron chi connectivity index (χ1n) is 10.2. The zero-order valence-corrected chi connectivity index (χ0v) is 18.8. The molecule has 0 aliphatic heterocycles. The number of hydrogen-bond acceptors (Lipinski definition) is 6. The van der Waals surface area contributed by atoms with Crippen LogP contribution >= 0.6 is 11.3 Å². The zero-order chi connectivity index (χ0) is 24.8. The second-order valence-corrected chi connectivity index (χ2v) is 8.12. The first-order valence-corrected chi connectivity index (χ1v) is 11.1. The summed E-state index contributed by atoms with van der Waals surface area (Å²) in [7, 11) is 0. The maximum Gasteiger partial charge on any atom is 0.387 e. The molecule has 0 saturated heterocycles. The number of hydrogen-bond donors (Lipinski definition) is 1. The molecule has 2 heterocycles. The van der Waals surface area contributed by atoms with E-state index in [0.717, 1.165) is 11.3 Å². The number of carbonyl (C=O) groups is 1. The number of benzene rings is 2. The Balaban J connectivity index is 1.82. The smallest absolute Gasteiger partial charge is 0.387 e. The monoisotopic (exact) mass is 493 g/mol. The number of thiazole rings is 1. The quantitative estimate of drug-likeness (QED) is 0.427. The minimum Gasteiger partial charge on any atom is -0.467 e. The number of halogens is 2. The molecule has 1 amide bonds. The van der Waals surface area contributed by atoms with E-state index in [1.54, 1.807) is 48.5 Å². The summed E-state index contributed by atoms with van der Waals surface area (Å²) >= 11 is 0.975. The lowest BCUT2D eigenvalue weighted by atomic mass is 10.2. The van der Waals surface area contributed by atoms with Gasteiger partial charge in [-0.25, -0.2) is 0 Å². The zero-order valence-electron chi connectivity index (χ0n) is 18.0. The van der Waals surface area contributed by atoms with Gasteiger partial charge >= 0.3 is 6.61 Å². The number of aromatic nitrogens is 1. The molecular formula is C25H17F2N3O4S. The Morgan fingerprint density at radius 3 is 2.51 bits per heavy atom. The Labute approximate surface area is 201 Å². The molecule has 4 rings (SSSR count). The van der Waals surface area contributed by atoms with Crippen LogP contribution in [0.3, 0.4) is 0 Å². The Kier molecular flexibility index (Phi) is 7.18. The largest absolute Gasteiger partial charge is 0.467 e. The van der Waals surface area contributed by atoms with Crippen molar-refractivity contribution in [1.82, 2.24) is 9.88 Å². The van der Waals surface area contributed by atoms with Crippen LogP contribution in [-0.4, -0.2) is 17.1 Å². The molecule has 0 aliphatic carbocycles. The lowest BCUT2D eigenvalue weighted by Gasteiger charge is -2.04. The highest BCUT2D eigenvalue weighted by molar-refractivity contribution is 7.07. The van der Waals surface area contributed by atoms with Crippen LogP contribution in [0, 0.1) is 11.3 Å². The van der Waals surface area contributed by atoms with Crippen molar-refractivity contribution in [1.29, 1.82) is 5.26 Å². The van der Waals surface area contributed by atoms with Gasteiger partial charge in [-0.2, -0.15) is 14.0 Å². The number of ether oxygens (including phenoxy) is 1. The number of nitrogens with one attached hydrogen (secondary N) is 1. The number of nitriles is 1. The summed E-state index contributed by atoms with van der Waals surface area (Å²) in [5, 5.41) is 12.4. The molecule has 0 saturated carbocycles. The highest BCUT2D eigenvalue weighted by atomic mass is 32.1. The Morgan fingerprint density at radius 1 is 1.14 bits per heavy atom. The van der Waals surface area contributed by atoms with E-state index in [1.807, 2.05) is 6.07 Å². The van der Waals surface area contributed by atoms with Crippen molar-refractivity contribution >= 4 is 28.9 Å². The predicted octanol–water partition coefficient (Wildman–Crippen LogP) is 2.91. The van der Waals surface area contributed by atoms with Gasteiger partial charge in [0.25, 0.3) is 11.5 Å². The van der Waals surface area contributed by atoms with Crippen LogP contribution in [0.2, 0.25) is 0 Å². The average molecular weight is 493 g/mol. The van der Waals surface area contributed by atoms with Crippen LogP contribution < -0.4 is 24.8 Å². The fourth-order valence-corrected chi connectivity index (χ4v) is 4.32. The van der Waals surface area contributed by atoms with E-state index in [9.17, 15) is 23.6 Å². The fourth-order valence-electron chi connectivity index (χ4n) is 3.22. The van der Waals surface area contributed by atoms with E-state index in [4.69, 9.17) is 4.42 Å². The second kappa shape index (κ2) is 10.6. The van der Waals surface area contributed by atoms with Crippen molar-refractivity contribution in [3.05, 3.63) is 104 Å². The molecule has 0 fully saturated rings. The molecule has 0 unspecified atom stereocenters. The molecule has 2 aromatic carbocycles. The highest BCUT2D eigenvalue weighted by Gasteiger charge is 2.17. The van der Waals surface area contributed by atoms with E-state index in [-0.39, 0.29) is 27.1 Å². The standard InChI is InChI=1S/C25H17F2N3O4S/c26-25(27)34-18-10-8-16(9-11-18)13-21-23(32)30(17-5-2-1-3-6-17)24(35-21)20(14-28)22(31)29-15-19-7-4-12-33-19/h1-13,25H,15H2,(H,29,31)/b21-13-,24-20-. The number of rotatable bonds is 7. The third-order valence-electron chi connectivity index (χ3n) is 4.80. The third kappa shape index (κ3) is 5.54. The fraction of sp³-hybridized carbons (Fsp3) is 0.0800. The van der Waals surface area contributed by atoms with Crippen LogP contribution in [-0.2, 0) is 11.3 Å². The Morgan fingerprint density at radius 2 is 1.89 bits per heavy atom. The summed E-state index contributed by atoms with van der Waals surface area (Å²) in [5.74, 6) is -0.163. The first-order chi connectivity index (χ1) is 17.0. The minimum absolute atomic E-state index is 0.0148. The van der Waals surface area contributed by atoms with E-state index >= 15 is 0 Å². The molecule has 35 heavy (non-hydrogen) atoms. The molecule has 10 heteroatoms. The SMILES string of the molecule is N#C/C(C(=O)NCc1ccco1)=c1/s/c(=C\c2ccc(OC(F)F)cc2)c(=O)n1-c1ccccc1. The number of amides is 1. The topological polar surface area (TPSA) is 97.3 Å². The van der Waals surface area contributed by atoms with Gasteiger partial charge < -0.3 is 14.5 Å². The first kappa shape index (κ1) is 23.7. The Bertz CT molecular complexity index is 1540. The lowest BCUT2D eigenvalue weighted by molar-refractivity contribution is -0.115. The van der Waals surface area contributed by atoms with Crippen molar-refractivity contribution in [3.8, 4) is 17.5 Å². The summed E-state index contributed by atoms with van der Waals surface area (Å²) < 4.78 is 36.1. The molecule has 176 valence electrons. The van der Waals surface area contributed by atoms with Gasteiger partial charge in [-0.15, -0.1) is 11.3 Å². The highest BCUT2D eigenvalue weighted by Crippen LogP contribution is 2.15. The molecular weight excluding hydrogens is 476 g/mol. The molecule has 0 bridgehead atoms. The van der Waals surface area contributed by atoms with E-state index in [1.165, 1.54) is 35.1 Å². The maximum absolute atomic E-state index is 13.3. The van der Waals surface area contributed by atoms with Gasteiger partial charge in [0.15, 0.2) is 5.57 Å². The number of furan rings is 1. The van der Waals surface area contributed by atoms with Gasteiger partial charge in [0, 0.05) is 0 Å². The molecule has 0 spiro atoms. The van der Waals surface area contributed by atoms with Crippen LogP contribution in [0.1, 0.15) is 11.3 Å². The number of alkyl halides is 2. The molecule has 1 N–H and O–H groups in total. The summed E-state index contributed by atoms with van der Waals surface area (Å²) in [6.07, 6.45) is 3.02. The number of nitrogens with zero attached hydrogens (tertiary/aromatic N) is 2. The molecule has 0 atom stereocenters. The van der Waals surface area contributed by atoms with E-state index in [0.29, 0.717) is 17.0 Å². The van der Waals surface area contributed by atoms with Crippen molar-refractivity contribution in [2.24, 2.45) is 0 Å². The minimum atomic E-state index is -2.94. The third-order valence-corrected chi connectivity index (χ3v) is 5.89. The molecule has 0 radical (unpaired) electrons. The van der Waals surface area contributed by atoms with Crippen LogP contribution in [0.4, 0.5) is 8.78 Å². The predicted molar refractivity (Wildman–Crippen MR) is 125 cm³/mol. The average Bonchev–Trinajstić information content (AvgIpc) is 3.48. The molecule has 0 aliphatic rings. The normalized spacial score (nSPS) is 12.3. The lowest BCUT2D eigenvalue weighted by Crippen LogP contribution is -2.33. The molecule has 4 aromatic rings. The van der Waals surface area contributed by atoms with Crippen molar-refractivity contribution < 1.29 is 22.7 Å². The van der Waals surface area contributed by atoms with Gasteiger partial charge in [0.05, 0.1) is 23.0 Å². The van der Waals surface area contributed by atoms with Crippen LogP contribution in [0.25, 0.3) is 17.3 Å².